The maximum atomic E-state index is 14.4. The molecule has 1 aromatic carbocycles. The van der Waals surface area contributed by atoms with Gasteiger partial charge in [-0.25, -0.2) is 12.8 Å². The number of amides is 2. The van der Waals surface area contributed by atoms with E-state index in [0.717, 1.165) is 31.4 Å². The van der Waals surface area contributed by atoms with Crippen molar-refractivity contribution < 1.29 is 27.1 Å². The van der Waals surface area contributed by atoms with Gasteiger partial charge in [0.15, 0.2) is 0 Å². The van der Waals surface area contributed by atoms with E-state index in [1.807, 2.05) is 0 Å². The second kappa shape index (κ2) is 8.60. The first-order valence-electron chi connectivity index (χ1n) is 10.3. The van der Waals surface area contributed by atoms with Crippen LogP contribution in [0.4, 0.5) is 4.39 Å². The van der Waals surface area contributed by atoms with Gasteiger partial charge in [0.1, 0.15) is 5.82 Å². The number of piperazine rings is 1. The Hall–Kier alpha value is -2.04. The number of carbonyl (C=O) groups excluding carboxylic acids is 2. The van der Waals surface area contributed by atoms with Crippen LogP contribution in [0.15, 0.2) is 23.1 Å². The van der Waals surface area contributed by atoms with Crippen LogP contribution >= 0.6 is 0 Å². The first-order valence-corrected chi connectivity index (χ1v) is 11.8. The minimum absolute atomic E-state index is 0.103. The van der Waals surface area contributed by atoms with Crippen molar-refractivity contribution in [1.82, 2.24) is 14.1 Å². The molecular formula is C20H26FN3O5S. The SMILES string of the molecule is O=C(c1cc(S(=O)(=O)N2CCOCC2)ccc1F)N1CCN(C(=O)C2CCC2)CC1. The molecule has 30 heavy (non-hydrogen) atoms. The van der Waals surface area contributed by atoms with Crippen LogP contribution < -0.4 is 0 Å². The van der Waals surface area contributed by atoms with Gasteiger partial charge in [0.25, 0.3) is 5.91 Å². The molecule has 1 aliphatic carbocycles. The number of carbonyl (C=O) groups is 2. The van der Waals surface area contributed by atoms with Crippen LogP contribution in [0, 0.1) is 11.7 Å². The summed E-state index contributed by atoms with van der Waals surface area (Å²) < 4.78 is 46.6. The van der Waals surface area contributed by atoms with E-state index in [1.165, 1.54) is 15.3 Å². The van der Waals surface area contributed by atoms with Crippen molar-refractivity contribution in [3.05, 3.63) is 29.6 Å². The number of sulfonamides is 1. The van der Waals surface area contributed by atoms with E-state index in [-0.39, 0.29) is 35.4 Å². The van der Waals surface area contributed by atoms with E-state index in [2.05, 4.69) is 0 Å². The minimum atomic E-state index is -3.83. The van der Waals surface area contributed by atoms with E-state index in [4.69, 9.17) is 4.74 Å². The molecule has 4 rings (SSSR count). The number of nitrogens with zero attached hydrogens (tertiary/aromatic N) is 3. The van der Waals surface area contributed by atoms with Crippen molar-refractivity contribution in [2.45, 2.75) is 24.2 Å². The number of morpholine rings is 1. The summed E-state index contributed by atoms with van der Waals surface area (Å²) in [6.45, 7) is 2.48. The van der Waals surface area contributed by atoms with Gasteiger partial charge in [-0.05, 0) is 31.0 Å². The van der Waals surface area contributed by atoms with Gasteiger partial charge in [-0.1, -0.05) is 6.42 Å². The molecule has 2 heterocycles. The van der Waals surface area contributed by atoms with Crippen LogP contribution in [0.3, 0.4) is 0 Å². The number of hydrogen-bond donors (Lipinski definition) is 0. The second-order valence-electron chi connectivity index (χ2n) is 7.90. The summed E-state index contributed by atoms with van der Waals surface area (Å²) in [5, 5.41) is 0. The van der Waals surface area contributed by atoms with Crippen LogP contribution in [0.1, 0.15) is 29.6 Å². The molecule has 3 fully saturated rings. The third kappa shape index (κ3) is 4.08. The number of benzene rings is 1. The molecule has 8 nitrogen and oxygen atoms in total. The van der Waals surface area contributed by atoms with Gasteiger partial charge in [-0.15, -0.1) is 0 Å². The molecule has 3 aliphatic rings. The lowest BCUT2D eigenvalue weighted by Gasteiger charge is -2.38. The van der Waals surface area contributed by atoms with Gasteiger partial charge in [-0.2, -0.15) is 4.31 Å². The average molecular weight is 440 g/mol. The van der Waals surface area contributed by atoms with Gasteiger partial charge >= 0.3 is 0 Å². The summed E-state index contributed by atoms with van der Waals surface area (Å²) in [6.07, 6.45) is 2.93. The van der Waals surface area contributed by atoms with Crippen LogP contribution in [0.2, 0.25) is 0 Å². The standard InChI is InChI=1S/C20H26FN3O5S/c21-18-5-4-16(30(27,28)24-10-12-29-13-11-24)14-17(18)20(26)23-8-6-22(7-9-23)19(25)15-2-1-3-15/h4-5,14-15H,1-3,6-13H2. The van der Waals surface area contributed by atoms with Crippen molar-refractivity contribution in [3.8, 4) is 0 Å². The van der Waals surface area contributed by atoms with E-state index >= 15 is 0 Å². The summed E-state index contributed by atoms with van der Waals surface area (Å²) in [7, 11) is -3.83. The Balaban J connectivity index is 1.46. The minimum Gasteiger partial charge on any atom is -0.379 e. The number of halogens is 1. The first-order chi connectivity index (χ1) is 14.4. The zero-order chi connectivity index (χ0) is 21.3. The van der Waals surface area contributed by atoms with Crippen LogP contribution in [-0.2, 0) is 19.6 Å². The predicted molar refractivity (Wildman–Crippen MR) is 106 cm³/mol. The Labute approximate surface area is 175 Å². The molecule has 0 radical (unpaired) electrons. The average Bonchev–Trinajstić information content (AvgIpc) is 2.73. The highest BCUT2D eigenvalue weighted by atomic mass is 32.2. The predicted octanol–water partition coefficient (Wildman–Crippen LogP) is 0.931. The molecule has 0 spiro atoms. The van der Waals surface area contributed by atoms with Crippen LogP contribution in [0.5, 0.6) is 0 Å². The van der Waals surface area contributed by atoms with Gasteiger partial charge in [0.2, 0.25) is 15.9 Å². The molecule has 2 amide bonds. The van der Waals surface area contributed by atoms with Crippen molar-refractivity contribution in [2.75, 3.05) is 52.5 Å². The zero-order valence-corrected chi connectivity index (χ0v) is 17.6. The Bertz CT molecular complexity index is 920. The molecule has 1 saturated carbocycles. The van der Waals surface area contributed by atoms with Gasteiger partial charge in [-0.3, -0.25) is 9.59 Å². The van der Waals surface area contributed by atoms with Gasteiger partial charge in [0.05, 0.1) is 23.7 Å². The molecule has 0 atom stereocenters. The Morgan fingerprint density at radius 2 is 1.60 bits per heavy atom. The normalized spacial score (nSPS) is 21.4. The Kier molecular flexibility index (Phi) is 6.08. The summed E-state index contributed by atoms with van der Waals surface area (Å²) in [4.78, 5) is 28.4. The molecule has 0 N–H and O–H groups in total. The Morgan fingerprint density at radius 1 is 0.967 bits per heavy atom. The summed E-state index contributed by atoms with van der Waals surface area (Å²) in [5.74, 6) is -1.07. The highest BCUT2D eigenvalue weighted by Crippen LogP contribution is 2.29. The molecule has 2 aliphatic heterocycles. The third-order valence-corrected chi connectivity index (χ3v) is 8.00. The van der Waals surface area contributed by atoms with Crippen molar-refractivity contribution >= 4 is 21.8 Å². The quantitative estimate of drug-likeness (QED) is 0.697. The second-order valence-corrected chi connectivity index (χ2v) is 9.84. The lowest BCUT2D eigenvalue weighted by molar-refractivity contribution is -0.139. The molecule has 2 saturated heterocycles. The maximum Gasteiger partial charge on any atom is 0.256 e. The number of hydrogen-bond acceptors (Lipinski definition) is 5. The highest BCUT2D eigenvalue weighted by molar-refractivity contribution is 7.89. The van der Waals surface area contributed by atoms with E-state index in [0.29, 0.717) is 39.4 Å². The summed E-state index contributed by atoms with van der Waals surface area (Å²) in [5.41, 5.74) is -0.261. The van der Waals surface area contributed by atoms with Crippen LogP contribution in [0.25, 0.3) is 0 Å². The summed E-state index contributed by atoms with van der Waals surface area (Å²) >= 11 is 0. The largest absolute Gasteiger partial charge is 0.379 e. The molecular weight excluding hydrogens is 413 g/mol. The van der Waals surface area contributed by atoms with E-state index < -0.39 is 21.7 Å². The van der Waals surface area contributed by atoms with E-state index in [9.17, 15) is 22.4 Å². The molecule has 0 aromatic heterocycles. The fraction of sp³-hybridized carbons (Fsp3) is 0.600. The van der Waals surface area contributed by atoms with Crippen molar-refractivity contribution in [2.24, 2.45) is 5.92 Å². The van der Waals surface area contributed by atoms with Gasteiger partial charge < -0.3 is 14.5 Å². The third-order valence-electron chi connectivity index (χ3n) is 6.11. The zero-order valence-electron chi connectivity index (χ0n) is 16.8. The maximum absolute atomic E-state index is 14.4. The lowest BCUT2D eigenvalue weighted by atomic mass is 9.84. The highest BCUT2D eigenvalue weighted by Gasteiger charge is 2.33. The fourth-order valence-corrected chi connectivity index (χ4v) is 5.41. The van der Waals surface area contributed by atoms with Crippen LogP contribution in [-0.4, -0.2) is 86.8 Å². The molecule has 1 aromatic rings. The number of rotatable bonds is 4. The first kappa shape index (κ1) is 21.2. The molecule has 0 bridgehead atoms. The van der Waals surface area contributed by atoms with Gasteiger partial charge in [0, 0.05) is 45.2 Å². The van der Waals surface area contributed by atoms with Crippen molar-refractivity contribution in [1.29, 1.82) is 0 Å². The monoisotopic (exact) mass is 439 g/mol. The number of ether oxygens (including phenoxy) is 1. The molecule has 164 valence electrons. The lowest BCUT2D eigenvalue weighted by Crippen LogP contribution is -2.52. The van der Waals surface area contributed by atoms with E-state index in [1.54, 1.807) is 4.90 Å². The molecule has 0 unspecified atom stereocenters. The van der Waals surface area contributed by atoms with Crippen molar-refractivity contribution in [3.63, 3.8) is 0 Å². The topological polar surface area (TPSA) is 87.2 Å². The summed E-state index contributed by atoms with van der Waals surface area (Å²) in [6, 6.07) is 3.33. The smallest absolute Gasteiger partial charge is 0.256 e. The Morgan fingerprint density at radius 3 is 2.20 bits per heavy atom. The fourth-order valence-electron chi connectivity index (χ4n) is 3.98. The molecule has 10 heteroatoms.